The molecule has 0 saturated carbocycles. The van der Waals surface area contributed by atoms with Crippen molar-refractivity contribution in [2.24, 2.45) is 0 Å². The topological polar surface area (TPSA) is 21.3 Å². The number of thiophene rings is 1. The first-order valence-corrected chi connectivity index (χ1v) is 8.50. The normalized spacial score (nSPS) is 12.4. The van der Waals surface area contributed by atoms with Gasteiger partial charge in [-0.15, -0.1) is 11.3 Å². The van der Waals surface area contributed by atoms with Crippen molar-refractivity contribution in [3.8, 4) is 5.75 Å². The van der Waals surface area contributed by atoms with E-state index in [1.54, 1.807) is 23.5 Å². The molecule has 0 aliphatic carbocycles. The van der Waals surface area contributed by atoms with Crippen molar-refractivity contribution in [1.82, 2.24) is 5.32 Å². The molecule has 2 rings (SSSR count). The summed E-state index contributed by atoms with van der Waals surface area (Å²) < 4.78 is 20.1. The van der Waals surface area contributed by atoms with Crippen LogP contribution in [0.5, 0.6) is 5.75 Å². The average molecular weight is 372 g/mol. The van der Waals surface area contributed by atoms with Crippen LogP contribution in [0.4, 0.5) is 4.39 Å². The summed E-state index contributed by atoms with van der Waals surface area (Å²) in [6.45, 7) is 5.07. The van der Waals surface area contributed by atoms with E-state index in [9.17, 15) is 4.39 Å². The fourth-order valence-electron chi connectivity index (χ4n) is 2.16. The maximum Gasteiger partial charge on any atom is 0.165 e. The fourth-order valence-corrected chi connectivity index (χ4v) is 3.83. The van der Waals surface area contributed by atoms with Gasteiger partial charge in [-0.05, 0) is 65.1 Å². The standard InChI is InChI=1S/C16H19BrFNOS/c1-4-7-19-15(14-8-10(2)16(17)21-14)11-5-6-13(20-3)12(18)9-11/h5-6,8-9,15,19H,4,7H2,1-3H3. The van der Waals surface area contributed by atoms with E-state index in [1.807, 2.05) is 6.07 Å². The predicted octanol–water partition coefficient (Wildman–Crippen LogP) is 5.06. The van der Waals surface area contributed by atoms with Gasteiger partial charge in [0.15, 0.2) is 11.6 Å². The molecule has 1 N–H and O–H groups in total. The van der Waals surface area contributed by atoms with Gasteiger partial charge in [0.2, 0.25) is 0 Å². The van der Waals surface area contributed by atoms with E-state index in [0.29, 0.717) is 0 Å². The molecule has 21 heavy (non-hydrogen) atoms. The minimum atomic E-state index is -0.328. The minimum absolute atomic E-state index is 0.000330. The highest BCUT2D eigenvalue weighted by molar-refractivity contribution is 9.11. The van der Waals surface area contributed by atoms with Crippen molar-refractivity contribution in [2.45, 2.75) is 26.3 Å². The highest BCUT2D eigenvalue weighted by atomic mass is 79.9. The summed E-state index contributed by atoms with van der Waals surface area (Å²) in [5, 5.41) is 3.49. The quantitative estimate of drug-likeness (QED) is 0.766. The van der Waals surface area contributed by atoms with Crippen LogP contribution in [0.25, 0.3) is 0 Å². The van der Waals surface area contributed by atoms with Crippen LogP contribution >= 0.6 is 27.3 Å². The lowest BCUT2D eigenvalue weighted by Crippen LogP contribution is -2.22. The van der Waals surface area contributed by atoms with Crippen LogP contribution in [0.1, 0.15) is 35.4 Å². The molecular weight excluding hydrogens is 353 g/mol. The number of hydrogen-bond acceptors (Lipinski definition) is 3. The molecule has 114 valence electrons. The molecule has 0 aliphatic heterocycles. The van der Waals surface area contributed by atoms with E-state index in [0.717, 1.165) is 22.3 Å². The lowest BCUT2D eigenvalue weighted by molar-refractivity contribution is 0.385. The minimum Gasteiger partial charge on any atom is -0.494 e. The fraction of sp³-hybridized carbons (Fsp3) is 0.375. The Morgan fingerprint density at radius 2 is 2.14 bits per heavy atom. The van der Waals surface area contributed by atoms with Crippen LogP contribution in [0.2, 0.25) is 0 Å². The summed E-state index contributed by atoms with van der Waals surface area (Å²) >= 11 is 5.24. The molecule has 1 aromatic carbocycles. The Morgan fingerprint density at radius 1 is 1.38 bits per heavy atom. The maximum absolute atomic E-state index is 14.0. The molecule has 0 bridgehead atoms. The van der Waals surface area contributed by atoms with Crippen LogP contribution < -0.4 is 10.1 Å². The number of nitrogens with one attached hydrogen (secondary N) is 1. The van der Waals surface area contributed by atoms with E-state index >= 15 is 0 Å². The molecule has 2 aromatic rings. The van der Waals surface area contributed by atoms with Crippen molar-refractivity contribution in [2.75, 3.05) is 13.7 Å². The summed E-state index contributed by atoms with van der Waals surface area (Å²) in [6, 6.07) is 7.29. The summed E-state index contributed by atoms with van der Waals surface area (Å²) in [6.07, 6.45) is 1.03. The number of methoxy groups -OCH3 is 1. The van der Waals surface area contributed by atoms with Gasteiger partial charge in [0.25, 0.3) is 0 Å². The Labute approximate surface area is 137 Å². The number of halogens is 2. The van der Waals surface area contributed by atoms with Gasteiger partial charge in [-0.3, -0.25) is 0 Å². The molecule has 5 heteroatoms. The molecule has 0 fully saturated rings. The molecule has 0 spiro atoms. The molecule has 1 aromatic heterocycles. The number of rotatable bonds is 6. The van der Waals surface area contributed by atoms with E-state index in [-0.39, 0.29) is 17.6 Å². The zero-order valence-electron chi connectivity index (χ0n) is 12.4. The molecule has 0 radical (unpaired) electrons. The highest BCUT2D eigenvalue weighted by Gasteiger charge is 2.18. The van der Waals surface area contributed by atoms with E-state index < -0.39 is 0 Å². The van der Waals surface area contributed by atoms with Crippen LogP contribution in [0.3, 0.4) is 0 Å². The van der Waals surface area contributed by atoms with Gasteiger partial charge in [-0.25, -0.2) is 4.39 Å². The summed E-state index contributed by atoms with van der Waals surface area (Å²) in [4.78, 5) is 1.18. The SMILES string of the molecule is CCCNC(c1ccc(OC)c(F)c1)c1cc(C)c(Br)s1. The molecule has 0 aliphatic rings. The third kappa shape index (κ3) is 3.84. The largest absolute Gasteiger partial charge is 0.494 e. The molecule has 1 heterocycles. The Balaban J connectivity index is 2.37. The third-order valence-electron chi connectivity index (χ3n) is 3.27. The third-order valence-corrected chi connectivity index (χ3v) is 5.47. The highest BCUT2D eigenvalue weighted by Crippen LogP contribution is 2.35. The maximum atomic E-state index is 14.0. The first-order valence-electron chi connectivity index (χ1n) is 6.89. The van der Waals surface area contributed by atoms with Gasteiger partial charge in [0, 0.05) is 4.88 Å². The van der Waals surface area contributed by atoms with Crippen molar-refractivity contribution in [1.29, 1.82) is 0 Å². The summed E-state index contributed by atoms with van der Waals surface area (Å²) in [5.74, 6) is -0.0535. The first-order chi connectivity index (χ1) is 10.1. The van der Waals surface area contributed by atoms with Crippen LogP contribution in [0, 0.1) is 12.7 Å². The van der Waals surface area contributed by atoms with Gasteiger partial charge >= 0.3 is 0 Å². The lowest BCUT2D eigenvalue weighted by atomic mass is 10.0. The second-order valence-electron chi connectivity index (χ2n) is 4.89. The van der Waals surface area contributed by atoms with E-state index in [1.165, 1.54) is 17.6 Å². The second kappa shape index (κ2) is 7.38. The van der Waals surface area contributed by atoms with Crippen molar-refractivity contribution in [3.05, 3.63) is 49.9 Å². The van der Waals surface area contributed by atoms with Crippen molar-refractivity contribution >= 4 is 27.3 Å². The monoisotopic (exact) mass is 371 g/mol. The van der Waals surface area contributed by atoms with Gasteiger partial charge in [-0.2, -0.15) is 0 Å². The van der Waals surface area contributed by atoms with Crippen molar-refractivity contribution in [3.63, 3.8) is 0 Å². The van der Waals surface area contributed by atoms with Crippen LogP contribution in [-0.4, -0.2) is 13.7 Å². The number of aryl methyl sites for hydroxylation is 1. The Hall–Kier alpha value is -0.910. The molecule has 0 saturated heterocycles. The van der Waals surface area contributed by atoms with Gasteiger partial charge in [-0.1, -0.05) is 13.0 Å². The molecule has 1 atom stereocenters. The first kappa shape index (κ1) is 16.5. The average Bonchev–Trinajstić information content (AvgIpc) is 2.79. The molecular formula is C16H19BrFNOS. The smallest absolute Gasteiger partial charge is 0.165 e. The zero-order valence-corrected chi connectivity index (χ0v) is 14.8. The lowest BCUT2D eigenvalue weighted by Gasteiger charge is -2.18. The molecule has 2 nitrogen and oxygen atoms in total. The van der Waals surface area contributed by atoms with Crippen LogP contribution in [0.15, 0.2) is 28.1 Å². The zero-order chi connectivity index (χ0) is 15.4. The Morgan fingerprint density at radius 3 is 2.67 bits per heavy atom. The molecule has 0 amide bonds. The predicted molar refractivity (Wildman–Crippen MR) is 89.8 cm³/mol. The number of benzene rings is 1. The summed E-state index contributed by atoms with van der Waals surface area (Å²) in [7, 11) is 1.48. The van der Waals surface area contributed by atoms with Gasteiger partial charge < -0.3 is 10.1 Å². The molecule has 1 unspecified atom stereocenters. The number of hydrogen-bond donors (Lipinski definition) is 1. The van der Waals surface area contributed by atoms with Crippen LogP contribution in [-0.2, 0) is 0 Å². The van der Waals surface area contributed by atoms with E-state index in [4.69, 9.17) is 4.74 Å². The Kier molecular flexibility index (Phi) is 5.79. The van der Waals surface area contributed by atoms with E-state index in [2.05, 4.69) is 41.2 Å². The summed E-state index contributed by atoms with van der Waals surface area (Å²) in [5.41, 5.74) is 2.11. The van der Waals surface area contributed by atoms with Crippen molar-refractivity contribution < 1.29 is 9.13 Å². The Bertz CT molecular complexity index is 595. The van der Waals surface area contributed by atoms with Gasteiger partial charge in [0.1, 0.15) is 0 Å². The number of ether oxygens (including phenoxy) is 1. The van der Waals surface area contributed by atoms with Gasteiger partial charge in [0.05, 0.1) is 16.9 Å². The second-order valence-corrected chi connectivity index (χ2v) is 7.29.